The summed E-state index contributed by atoms with van der Waals surface area (Å²) in [7, 11) is 1.85. The third-order valence-corrected chi connectivity index (χ3v) is 2.67. The van der Waals surface area contributed by atoms with E-state index >= 15 is 0 Å². The first-order valence-electron chi connectivity index (χ1n) is 5.72. The van der Waals surface area contributed by atoms with Gasteiger partial charge < -0.3 is 15.4 Å². The van der Waals surface area contributed by atoms with Gasteiger partial charge in [-0.15, -0.1) is 0 Å². The zero-order chi connectivity index (χ0) is 12.5. The minimum atomic E-state index is 0.768. The van der Waals surface area contributed by atoms with Crippen LogP contribution >= 0.6 is 11.8 Å². The molecule has 6 heteroatoms. The van der Waals surface area contributed by atoms with Gasteiger partial charge in [0.2, 0.25) is 0 Å². The average molecular weight is 256 g/mol. The van der Waals surface area contributed by atoms with Crippen molar-refractivity contribution >= 4 is 23.4 Å². The molecule has 0 aliphatic heterocycles. The zero-order valence-electron chi connectivity index (χ0n) is 10.6. The van der Waals surface area contributed by atoms with Crippen LogP contribution in [0, 0.1) is 0 Å². The second-order valence-corrected chi connectivity index (χ2v) is 4.13. The van der Waals surface area contributed by atoms with E-state index < -0.39 is 0 Å². The van der Waals surface area contributed by atoms with E-state index in [1.165, 1.54) is 11.8 Å². The van der Waals surface area contributed by atoms with Crippen LogP contribution in [0.1, 0.15) is 13.3 Å². The van der Waals surface area contributed by atoms with E-state index in [2.05, 4.69) is 20.6 Å². The lowest BCUT2D eigenvalue weighted by atomic mass is 10.4. The van der Waals surface area contributed by atoms with Crippen LogP contribution in [0.4, 0.5) is 11.6 Å². The molecule has 0 aromatic carbocycles. The van der Waals surface area contributed by atoms with Crippen LogP contribution in [0.5, 0.6) is 0 Å². The summed E-state index contributed by atoms with van der Waals surface area (Å²) in [5, 5.41) is 7.06. The fourth-order valence-corrected chi connectivity index (χ4v) is 1.65. The Hall–Kier alpha value is -1.01. The first-order chi connectivity index (χ1) is 8.30. The summed E-state index contributed by atoms with van der Waals surface area (Å²) in [5.41, 5.74) is 0. The van der Waals surface area contributed by atoms with Gasteiger partial charge in [-0.05, 0) is 19.6 Å². The monoisotopic (exact) mass is 256 g/mol. The van der Waals surface area contributed by atoms with Crippen molar-refractivity contribution in [2.75, 3.05) is 43.7 Å². The first kappa shape index (κ1) is 14.1. The lowest BCUT2D eigenvalue weighted by molar-refractivity contribution is 0.147. The van der Waals surface area contributed by atoms with E-state index in [-0.39, 0.29) is 0 Å². The van der Waals surface area contributed by atoms with Gasteiger partial charge in [-0.25, -0.2) is 9.97 Å². The predicted molar refractivity (Wildman–Crippen MR) is 73.0 cm³/mol. The van der Waals surface area contributed by atoms with Crippen LogP contribution in [0.3, 0.4) is 0 Å². The minimum Gasteiger partial charge on any atom is -0.382 e. The van der Waals surface area contributed by atoms with Gasteiger partial charge in [0.1, 0.15) is 11.6 Å². The number of hydrogen-bond donors (Lipinski definition) is 2. The Balaban J connectivity index is 2.46. The van der Waals surface area contributed by atoms with E-state index in [1.807, 2.05) is 26.3 Å². The number of nitrogens with one attached hydrogen (secondary N) is 2. The third kappa shape index (κ3) is 5.23. The molecule has 1 heterocycles. The molecule has 0 fully saturated rings. The van der Waals surface area contributed by atoms with Gasteiger partial charge in [-0.3, -0.25) is 0 Å². The number of rotatable bonds is 8. The van der Waals surface area contributed by atoms with Crippen molar-refractivity contribution in [1.29, 1.82) is 0 Å². The summed E-state index contributed by atoms with van der Waals surface area (Å²) in [6.45, 7) is 4.41. The summed E-state index contributed by atoms with van der Waals surface area (Å²) in [5.74, 6) is 1.68. The molecule has 0 amide bonds. The molecule has 0 bridgehead atoms. The molecule has 17 heavy (non-hydrogen) atoms. The number of ether oxygens (including phenoxy) is 1. The maximum absolute atomic E-state index is 5.27. The highest BCUT2D eigenvalue weighted by Gasteiger charge is 2.02. The van der Waals surface area contributed by atoms with Crippen molar-refractivity contribution < 1.29 is 4.74 Å². The van der Waals surface area contributed by atoms with Gasteiger partial charge in [0.15, 0.2) is 5.16 Å². The molecule has 1 aromatic heterocycles. The van der Waals surface area contributed by atoms with Gasteiger partial charge in [0.25, 0.3) is 0 Å². The van der Waals surface area contributed by atoms with Gasteiger partial charge in [-0.2, -0.15) is 0 Å². The highest BCUT2D eigenvalue weighted by molar-refractivity contribution is 7.98. The van der Waals surface area contributed by atoms with Crippen LogP contribution in [-0.4, -0.2) is 43.0 Å². The second kappa shape index (κ2) is 8.14. The smallest absolute Gasteiger partial charge is 0.191 e. The van der Waals surface area contributed by atoms with Crippen LogP contribution in [0.15, 0.2) is 11.2 Å². The van der Waals surface area contributed by atoms with Crippen molar-refractivity contribution in [3.05, 3.63) is 6.07 Å². The normalized spacial score (nSPS) is 10.3. The SMILES string of the molecule is CCOCCCNc1cc(NC)nc(SC)n1. The van der Waals surface area contributed by atoms with Crippen molar-refractivity contribution in [3.63, 3.8) is 0 Å². The summed E-state index contributed by atoms with van der Waals surface area (Å²) < 4.78 is 5.27. The van der Waals surface area contributed by atoms with E-state index in [9.17, 15) is 0 Å². The Morgan fingerprint density at radius 2 is 2.12 bits per heavy atom. The van der Waals surface area contributed by atoms with E-state index in [0.29, 0.717) is 0 Å². The number of hydrogen-bond acceptors (Lipinski definition) is 6. The van der Waals surface area contributed by atoms with Gasteiger partial charge >= 0.3 is 0 Å². The molecular weight excluding hydrogens is 236 g/mol. The molecule has 0 unspecified atom stereocenters. The van der Waals surface area contributed by atoms with Crippen molar-refractivity contribution in [1.82, 2.24) is 9.97 Å². The van der Waals surface area contributed by atoms with Gasteiger partial charge in [0.05, 0.1) is 0 Å². The maximum Gasteiger partial charge on any atom is 0.191 e. The molecule has 0 atom stereocenters. The van der Waals surface area contributed by atoms with Crippen molar-refractivity contribution in [2.45, 2.75) is 18.5 Å². The molecule has 0 spiro atoms. The van der Waals surface area contributed by atoms with Crippen LogP contribution in [0.2, 0.25) is 0 Å². The van der Waals surface area contributed by atoms with E-state index in [4.69, 9.17) is 4.74 Å². The molecule has 0 saturated carbocycles. The first-order valence-corrected chi connectivity index (χ1v) is 6.95. The molecule has 1 rings (SSSR count). The van der Waals surface area contributed by atoms with Gasteiger partial charge in [-0.1, -0.05) is 11.8 Å². The number of anilines is 2. The summed E-state index contributed by atoms with van der Waals surface area (Å²) in [6, 6.07) is 1.90. The van der Waals surface area contributed by atoms with Crippen LogP contribution in [-0.2, 0) is 4.74 Å². The molecule has 0 radical (unpaired) electrons. The molecule has 0 aliphatic rings. The Bertz CT molecular complexity index is 313. The Kier molecular flexibility index (Phi) is 6.73. The molecule has 0 saturated heterocycles. The summed E-state index contributed by atoms with van der Waals surface area (Å²) >= 11 is 1.53. The second-order valence-electron chi connectivity index (χ2n) is 3.35. The average Bonchev–Trinajstić information content (AvgIpc) is 2.38. The van der Waals surface area contributed by atoms with Crippen molar-refractivity contribution in [2.24, 2.45) is 0 Å². The summed E-state index contributed by atoms with van der Waals surface area (Å²) in [6.07, 6.45) is 2.94. The minimum absolute atomic E-state index is 0.768. The fourth-order valence-electron chi connectivity index (χ4n) is 1.27. The van der Waals surface area contributed by atoms with E-state index in [1.54, 1.807) is 0 Å². The molecule has 5 nitrogen and oxygen atoms in total. The molecular formula is C11H20N4OS. The van der Waals surface area contributed by atoms with Gasteiger partial charge in [0, 0.05) is 32.9 Å². The molecule has 96 valence electrons. The van der Waals surface area contributed by atoms with Crippen LogP contribution in [0.25, 0.3) is 0 Å². The number of aromatic nitrogens is 2. The van der Waals surface area contributed by atoms with E-state index in [0.717, 1.165) is 43.0 Å². The number of nitrogens with zero attached hydrogens (tertiary/aromatic N) is 2. The number of thioether (sulfide) groups is 1. The lowest BCUT2D eigenvalue weighted by Crippen LogP contribution is -2.08. The molecule has 0 aliphatic carbocycles. The Morgan fingerprint density at radius 1 is 1.35 bits per heavy atom. The lowest BCUT2D eigenvalue weighted by Gasteiger charge is -2.08. The topological polar surface area (TPSA) is 59.1 Å². The Labute approximate surface area is 107 Å². The maximum atomic E-state index is 5.27. The molecule has 2 N–H and O–H groups in total. The molecule has 1 aromatic rings. The van der Waals surface area contributed by atoms with Crippen LogP contribution < -0.4 is 10.6 Å². The summed E-state index contributed by atoms with van der Waals surface area (Å²) in [4.78, 5) is 8.68. The quantitative estimate of drug-likeness (QED) is 0.422. The van der Waals surface area contributed by atoms with Crippen molar-refractivity contribution in [3.8, 4) is 0 Å². The Morgan fingerprint density at radius 3 is 2.76 bits per heavy atom. The largest absolute Gasteiger partial charge is 0.382 e. The third-order valence-electron chi connectivity index (χ3n) is 2.12. The standard InChI is InChI=1S/C11H20N4OS/c1-4-16-7-5-6-13-10-8-9(12-2)14-11(15-10)17-3/h8H,4-7H2,1-3H3,(H2,12,13,14,15). The fraction of sp³-hybridized carbons (Fsp3) is 0.636. The highest BCUT2D eigenvalue weighted by atomic mass is 32.2. The highest BCUT2D eigenvalue weighted by Crippen LogP contribution is 2.16. The predicted octanol–water partition coefficient (Wildman–Crippen LogP) is 2.08. The zero-order valence-corrected chi connectivity index (χ0v) is 11.4.